The largest absolute Gasteiger partial charge is 0.388 e. The van der Waals surface area contributed by atoms with Crippen LogP contribution in [0.3, 0.4) is 0 Å². The molecule has 9 nitrogen and oxygen atoms in total. The van der Waals surface area contributed by atoms with Crippen LogP contribution in [0.15, 0.2) is 0 Å². The lowest BCUT2D eigenvalue weighted by atomic mass is 10.1. The summed E-state index contributed by atoms with van der Waals surface area (Å²) in [5.41, 5.74) is 0. The van der Waals surface area contributed by atoms with E-state index in [0.29, 0.717) is 39.1 Å². The molecule has 0 aromatic carbocycles. The van der Waals surface area contributed by atoms with Crippen LogP contribution in [0, 0.1) is 0 Å². The molecule has 3 amide bonds. The number of ether oxygens (including phenoxy) is 3. The fraction of sp³-hybridized carbons (Fsp3) is 0.882. The van der Waals surface area contributed by atoms with Crippen LogP contribution in [0.25, 0.3) is 0 Å². The zero-order chi connectivity index (χ0) is 18.7. The number of urea groups is 1. The number of amides is 3. The first-order chi connectivity index (χ1) is 12.4. The molecular weight excluding hydrogens is 342 g/mol. The van der Waals surface area contributed by atoms with Gasteiger partial charge in [0.15, 0.2) is 0 Å². The van der Waals surface area contributed by atoms with Gasteiger partial charge in [-0.2, -0.15) is 0 Å². The number of hydrogen-bond acceptors (Lipinski definition) is 6. The van der Waals surface area contributed by atoms with Gasteiger partial charge < -0.3 is 34.9 Å². The number of carbonyl (C=O) groups is 2. The Morgan fingerprint density at radius 3 is 2.62 bits per heavy atom. The normalized spacial score (nSPS) is 34.0. The molecule has 3 saturated heterocycles. The van der Waals surface area contributed by atoms with E-state index < -0.39 is 18.3 Å². The summed E-state index contributed by atoms with van der Waals surface area (Å²) in [5, 5.41) is 15.8. The fourth-order valence-corrected chi connectivity index (χ4v) is 3.65. The molecule has 3 fully saturated rings. The lowest BCUT2D eigenvalue weighted by Gasteiger charge is -2.28. The van der Waals surface area contributed by atoms with E-state index in [0.717, 1.165) is 0 Å². The Morgan fingerprint density at radius 2 is 1.96 bits per heavy atom. The van der Waals surface area contributed by atoms with Crippen LogP contribution in [-0.4, -0.2) is 91.4 Å². The van der Waals surface area contributed by atoms with Crippen molar-refractivity contribution in [2.24, 2.45) is 0 Å². The van der Waals surface area contributed by atoms with Gasteiger partial charge in [0, 0.05) is 32.1 Å². The molecule has 5 unspecified atom stereocenters. The monoisotopic (exact) mass is 371 g/mol. The molecule has 148 valence electrons. The highest BCUT2D eigenvalue weighted by Gasteiger charge is 2.50. The minimum absolute atomic E-state index is 0.0388. The van der Waals surface area contributed by atoms with Crippen molar-refractivity contribution in [1.82, 2.24) is 15.5 Å². The van der Waals surface area contributed by atoms with Gasteiger partial charge in [-0.05, 0) is 13.8 Å². The van der Waals surface area contributed by atoms with Gasteiger partial charge in [-0.25, -0.2) is 4.79 Å². The van der Waals surface area contributed by atoms with Gasteiger partial charge >= 0.3 is 6.03 Å². The Balaban J connectivity index is 1.42. The maximum atomic E-state index is 12.3. The maximum absolute atomic E-state index is 12.3. The minimum Gasteiger partial charge on any atom is -0.388 e. The van der Waals surface area contributed by atoms with Crippen LogP contribution in [0.1, 0.15) is 26.7 Å². The predicted octanol–water partition coefficient (Wildman–Crippen LogP) is -0.771. The number of rotatable bonds is 5. The molecule has 3 aliphatic rings. The predicted molar refractivity (Wildman–Crippen MR) is 91.6 cm³/mol. The summed E-state index contributed by atoms with van der Waals surface area (Å²) in [6.07, 6.45) is -1.38. The third-order valence-corrected chi connectivity index (χ3v) is 4.93. The van der Waals surface area contributed by atoms with E-state index in [2.05, 4.69) is 10.6 Å². The average Bonchev–Trinajstić information content (AvgIpc) is 3.12. The van der Waals surface area contributed by atoms with E-state index in [9.17, 15) is 14.7 Å². The Hall–Kier alpha value is -1.42. The van der Waals surface area contributed by atoms with Gasteiger partial charge in [0.05, 0.1) is 31.8 Å². The van der Waals surface area contributed by atoms with E-state index in [1.54, 1.807) is 4.90 Å². The molecule has 9 heteroatoms. The number of carbonyl (C=O) groups excluding carboxylic acids is 2. The van der Waals surface area contributed by atoms with E-state index >= 15 is 0 Å². The van der Waals surface area contributed by atoms with Crippen molar-refractivity contribution >= 4 is 11.9 Å². The van der Waals surface area contributed by atoms with E-state index in [1.165, 1.54) is 0 Å². The molecule has 3 rings (SSSR count). The van der Waals surface area contributed by atoms with Crippen molar-refractivity contribution in [2.45, 2.75) is 63.3 Å². The van der Waals surface area contributed by atoms with Crippen molar-refractivity contribution < 1.29 is 28.9 Å². The fourth-order valence-electron chi connectivity index (χ4n) is 3.65. The quantitative estimate of drug-likeness (QED) is 0.585. The van der Waals surface area contributed by atoms with Crippen molar-refractivity contribution in [1.29, 1.82) is 0 Å². The molecule has 0 radical (unpaired) electrons. The summed E-state index contributed by atoms with van der Waals surface area (Å²) < 4.78 is 17.0. The van der Waals surface area contributed by atoms with Crippen molar-refractivity contribution in [3.05, 3.63) is 0 Å². The number of fused-ring (bicyclic) bond motifs is 1. The molecule has 0 bridgehead atoms. The minimum atomic E-state index is -0.817. The topological polar surface area (TPSA) is 109 Å². The van der Waals surface area contributed by atoms with Crippen LogP contribution in [0.4, 0.5) is 4.79 Å². The van der Waals surface area contributed by atoms with Crippen LogP contribution in [-0.2, 0) is 19.0 Å². The Labute approximate surface area is 153 Å². The standard InChI is InChI=1S/C17H29N3O6/c1-10(2)19-17(23)18-9-13-15(22)16-12(26-13)7-11(25-16)8-14(21)20-3-5-24-6-4-20/h10-13,15-16,22H,3-9H2,1-2H3,(H2,18,19,23). The van der Waals surface area contributed by atoms with E-state index in [4.69, 9.17) is 14.2 Å². The van der Waals surface area contributed by atoms with Crippen LogP contribution in [0.5, 0.6) is 0 Å². The number of aliphatic hydroxyl groups is 1. The summed E-state index contributed by atoms with van der Waals surface area (Å²) >= 11 is 0. The number of hydrogen-bond donors (Lipinski definition) is 3. The molecule has 0 saturated carbocycles. The highest BCUT2D eigenvalue weighted by molar-refractivity contribution is 5.76. The molecule has 0 aromatic heterocycles. The lowest BCUT2D eigenvalue weighted by Crippen LogP contribution is -2.46. The Bertz CT molecular complexity index is 511. The number of morpholine rings is 1. The number of aliphatic hydroxyl groups excluding tert-OH is 1. The summed E-state index contributed by atoms with van der Waals surface area (Å²) in [5.74, 6) is 0.0522. The first-order valence-electron chi connectivity index (χ1n) is 9.33. The molecule has 0 aromatic rings. The second-order valence-corrected chi connectivity index (χ2v) is 7.37. The van der Waals surface area contributed by atoms with Crippen LogP contribution in [0.2, 0.25) is 0 Å². The van der Waals surface area contributed by atoms with Crippen LogP contribution >= 0.6 is 0 Å². The van der Waals surface area contributed by atoms with Crippen molar-refractivity contribution in [3.63, 3.8) is 0 Å². The molecule has 26 heavy (non-hydrogen) atoms. The number of nitrogens with zero attached hydrogens (tertiary/aromatic N) is 1. The Kier molecular flexibility index (Phi) is 6.33. The third-order valence-electron chi connectivity index (χ3n) is 4.93. The smallest absolute Gasteiger partial charge is 0.315 e. The third kappa shape index (κ3) is 4.64. The highest BCUT2D eigenvalue weighted by Crippen LogP contribution is 2.35. The molecule has 0 spiro atoms. The summed E-state index contributed by atoms with van der Waals surface area (Å²) in [6.45, 7) is 6.34. The van der Waals surface area contributed by atoms with Crippen LogP contribution < -0.4 is 10.6 Å². The zero-order valence-corrected chi connectivity index (χ0v) is 15.3. The second kappa shape index (κ2) is 8.51. The molecule has 0 aliphatic carbocycles. The maximum Gasteiger partial charge on any atom is 0.315 e. The molecule has 3 aliphatic heterocycles. The SMILES string of the molecule is CC(C)NC(=O)NCC1OC2CC(CC(=O)N3CCOCC3)OC2C1O. The summed E-state index contributed by atoms with van der Waals surface area (Å²) in [4.78, 5) is 25.8. The van der Waals surface area contributed by atoms with Gasteiger partial charge in [0.1, 0.15) is 18.3 Å². The van der Waals surface area contributed by atoms with Gasteiger partial charge in [-0.1, -0.05) is 0 Å². The average molecular weight is 371 g/mol. The van der Waals surface area contributed by atoms with E-state index in [1.807, 2.05) is 13.8 Å². The first kappa shape index (κ1) is 19.3. The van der Waals surface area contributed by atoms with Crippen molar-refractivity contribution in [2.75, 3.05) is 32.8 Å². The second-order valence-electron chi connectivity index (χ2n) is 7.37. The zero-order valence-electron chi connectivity index (χ0n) is 15.3. The van der Waals surface area contributed by atoms with Gasteiger partial charge in [-0.3, -0.25) is 4.79 Å². The molecule has 3 N–H and O–H groups in total. The summed E-state index contributed by atoms with van der Waals surface area (Å²) in [6, 6.07) is -0.250. The van der Waals surface area contributed by atoms with Gasteiger partial charge in [0.2, 0.25) is 5.91 Å². The molecule has 5 atom stereocenters. The molecule has 3 heterocycles. The van der Waals surface area contributed by atoms with E-state index in [-0.39, 0.29) is 36.7 Å². The summed E-state index contributed by atoms with van der Waals surface area (Å²) in [7, 11) is 0. The van der Waals surface area contributed by atoms with Gasteiger partial charge in [0.25, 0.3) is 0 Å². The highest BCUT2D eigenvalue weighted by atomic mass is 16.6. The lowest BCUT2D eigenvalue weighted by molar-refractivity contribution is -0.138. The first-order valence-corrected chi connectivity index (χ1v) is 9.33. The number of nitrogens with one attached hydrogen (secondary N) is 2. The van der Waals surface area contributed by atoms with Crippen molar-refractivity contribution in [3.8, 4) is 0 Å². The van der Waals surface area contributed by atoms with Gasteiger partial charge in [-0.15, -0.1) is 0 Å². The molecular formula is C17H29N3O6. The Morgan fingerprint density at radius 1 is 1.23 bits per heavy atom.